The highest BCUT2D eigenvalue weighted by Gasteiger charge is 2.14. The molecule has 1 atom stereocenters. The number of hydrogen-bond donors (Lipinski definition) is 1. The van der Waals surface area contributed by atoms with Gasteiger partial charge in [-0.05, 0) is 48.5 Å². The normalized spacial score (nSPS) is 12.3. The molecule has 1 N–H and O–H groups in total. The van der Waals surface area contributed by atoms with E-state index in [0.29, 0.717) is 6.04 Å². The van der Waals surface area contributed by atoms with Crippen LogP contribution in [0.1, 0.15) is 24.1 Å². The first-order valence-corrected chi connectivity index (χ1v) is 8.87. The SMILES string of the molecule is CCNC(Cc1ccc(Br)cc1)c1ccccc1SC. The van der Waals surface area contributed by atoms with E-state index in [2.05, 4.69) is 83.0 Å². The quantitative estimate of drug-likeness (QED) is 0.731. The first-order valence-electron chi connectivity index (χ1n) is 6.85. The van der Waals surface area contributed by atoms with Crippen molar-refractivity contribution in [1.29, 1.82) is 0 Å². The Labute approximate surface area is 134 Å². The fourth-order valence-electron chi connectivity index (χ4n) is 2.35. The molecule has 0 aliphatic rings. The highest BCUT2D eigenvalue weighted by atomic mass is 79.9. The van der Waals surface area contributed by atoms with Gasteiger partial charge in [0.15, 0.2) is 0 Å². The lowest BCUT2D eigenvalue weighted by molar-refractivity contribution is 0.542. The Morgan fingerprint density at radius 3 is 2.45 bits per heavy atom. The van der Waals surface area contributed by atoms with Gasteiger partial charge < -0.3 is 5.32 Å². The van der Waals surface area contributed by atoms with Crippen LogP contribution >= 0.6 is 27.7 Å². The van der Waals surface area contributed by atoms with Gasteiger partial charge in [0.2, 0.25) is 0 Å². The van der Waals surface area contributed by atoms with Crippen LogP contribution in [0.2, 0.25) is 0 Å². The van der Waals surface area contributed by atoms with Gasteiger partial charge in [0.1, 0.15) is 0 Å². The first kappa shape index (κ1) is 15.6. The highest BCUT2D eigenvalue weighted by molar-refractivity contribution is 9.10. The molecule has 1 nitrogen and oxygen atoms in total. The van der Waals surface area contributed by atoms with Crippen molar-refractivity contribution in [3.63, 3.8) is 0 Å². The average Bonchev–Trinajstić information content (AvgIpc) is 2.49. The van der Waals surface area contributed by atoms with Crippen molar-refractivity contribution in [2.75, 3.05) is 12.8 Å². The standard InChI is InChI=1S/C17H20BrNS/c1-3-19-16(12-13-8-10-14(18)11-9-13)15-6-4-5-7-17(15)20-2/h4-11,16,19H,3,12H2,1-2H3. The second kappa shape index (κ2) is 7.87. The fraction of sp³-hybridized carbons (Fsp3) is 0.294. The van der Waals surface area contributed by atoms with Gasteiger partial charge in [0.25, 0.3) is 0 Å². The Kier molecular flexibility index (Phi) is 6.14. The molecule has 2 aromatic carbocycles. The molecule has 0 radical (unpaired) electrons. The highest BCUT2D eigenvalue weighted by Crippen LogP contribution is 2.28. The number of likely N-dealkylation sites (N-methyl/N-ethyl adjacent to an activating group) is 1. The summed E-state index contributed by atoms with van der Waals surface area (Å²) in [4.78, 5) is 1.36. The molecule has 0 aliphatic carbocycles. The number of rotatable bonds is 6. The Morgan fingerprint density at radius 2 is 1.80 bits per heavy atom. The minimum atomic E-state index is 0.366. The fourth-order valence-corrected chi connectivity index (χ4v) is 3.27. The zero-order valence-electron chi connectivity index (χ0n) is 11.9. The smallest absolute Gasteiger partial charge is 0.0371 e. The lowest BCUT2D eigenvalue weighted by Crippen LogP contribution is -2.23. The monoisotopic (exact) mass is 349 g/mol. The molecule has 106 valence electrons. The summed E-state index contributed by atoms with van der Waals surface area (Å²) in [5.41, 5.74) is 2.75. The van der Waals surface area contributed by atoms with Crippen LogP contribution in [0.15, 0.2) is 57.9 Å². The molecule has 1 unspecified atom stereocenters. The van der Waals surface area contributed by atoms with Gasteiger partial charge in [-0.1, -0.05) is 53.2 Å². The molecular formula is C17H20BrNS. The summed E-state index contributed by atoms with van der Waals surface area (Å²) in [6.07, 6.45) is 3.15. The van der Waals surface area contributed by atoms with Crippen molar-refractivity contribution in [3.8, 4) is 0 Å². The molecule has 0 fully saturated rings. The van der Waals surface area contributed by atoms with E-state index < -0.39 is 0 Å². The van der Waals surface area contributed by atoms with Gasteiger partial charge in [-0.25, -0.2) is 0 Å². The average molecular weight is 350 g/mol. The number of thioether (sulfide) groups is 1. The predicted molar refractivity (Wildman–Crippen MR) is 92.5 cm³/mol. The van der Waals surface area contributed by atoms with Gasteiger partial charge in [-0.2, -0.15) is 0 Å². The number of hydrogen-bond acceptors (Lipinski definition) is 2. The van der Waals surface area contributed by atoms with Gasteiger partial charge in [0.05, 0.1) is 0 Å². The third-order valence-corrected chi connectivity index (χ3v) is 4.66. The molecule has 20 heavy (non-hydrogen) atoms. The van der Waals surface area contributed by atoms with E-state index in [9.17, 15) is 0 Å². The zero-order valence-corrected chi connectivity index (χ0v) is 14.3. The Hall–Kier alpha value is -0.770. The minimum Gasteiger partial charge on any atom is -0.310 e. The Bertz CT molecular complexity index is 539. The largest absolute Gasteiger partial charge is 0.310 e. The van der Waals surface area contributed by atoms with E-state index in [4.69, 9.17) is 0 Å². The van der Waals surface area contributed by atoms with Crippen LogP contribution < -0.4 is 5.32 Å². The first-order chi connectivity index (χ1) is 9.74. The lowest BCUT2D eigenvalue weighted by Gasteiger charge is -2.21. The molecule has 3 heteroatoms. The summed E-state index contributed by atoms with van der Waals surface area (Å²) in [5, 5.41) is 3.61. The maximum atomic E-state index is 3.61. The van der Waals surface area contributed by atoms with Crippen molar-refractivity contribution in [3.05, 3.63) is 64.1 Å². The summed E-state index contributed by atoms with van der Waals surface area (Å²) in [6.45, 7) is 3.14. The van der Waals surface area contributed by atoms with Crippen molar-refractivity contribution in [1.82, 2.24) is 5.32 Å². The number of nitrogens with one attached hydrogen (secondary N) is 1. The molecule has 0 amide bonds. The summed E-state index contributed by atoms with van der Waals surface area (Å²) in [6, 6.07) is 17.6. The minimum absolute atomic E-state index is 0.366. The molecule has 2 rings (SSSR count). The van der Waals surface area contributed by atoms with E-state index in [1.54, 1.807) is 0 Å². The van der Waals surface area contributed by atoms with Gasteiger partial charge >= 0.3 is 0 Å². The number of halogens is 1. The molecule has 2 aromatic rings. The third-order valence-electron chi connectivity index (χ3n) is 3.32. The summed E-state index contributed by atoms with van der Waals surface area (Å²) < 4.78 is 1.13. The summed E-state index contributed by atoms with van der Waals surface area (Å²) >= 11 is 5.31. The van der Waals surface area contributed by atoms with Crippen molar-refractivity contribution in [2.45, 2.75) is 24.3 Å². The van der Waals surface area contributed by atoms with Crippen molar-refractivity contribution >= 4 is 27.7 Å². The van der Waals surface area contributed by atoms with E-state index in [-0.39, 0.29) is 0 Å². The Morgan fingerprint density at radius 1 is 1.10 bits per heavy atom. The van der Waals surface area contributed by atoms with E-state index in [0.717, 1.165) is 17.4 Å². The molecule has 0 bridgehead atoms. The molecule has 0 spiro atoms. The van der Waals surface area contributed by atoms with E-state index >= 15 is 0 Å². The van der Waals surface area contributed by atoms with Crippen LogP contribution in [0.25, 0.3) is 0 Å². The molecule has 0 heterocycles. The summed E-state index contributed by atoms with van der Waals surface area (Å²) in [7, 11) is 0. The topological polar surface area (TPSA) is 12.0 Å². The zero-order chi connectivity index (χ0) is 14.4. The van der Waals surface area contributed by atoms with Crippen molar-refractivity contribution < 1.29 is 0 Å². The lowest BCUT2D eigenvalue weighted by atomic mass is 9.99. The van der Waals surface area contributed by atoms with Gasteiger partial charge in [0, 0.05) is 15.4 Å². The third kappa shape index (κ3) is 4.11. The van der Waals surface area contributed by atoms with Crippen LogP contribution in [0.5, 0.6) is 0 Å². The van der Waals surface area contributed by atoms with Crippen molar-refractivity contribution in [2.24, 2.45) is 0 Å². The van der Waals surface area contributed by atoms with E-state index in [1.807, 2.05) is 11.8 Å². The second-order valence-corrected chi connectivity index (χ2v) is 6.45. The van der Waals surface area contributed by atoms with Crippen LogP contribution in [0.4, 0.5) is 0 Å². The molecule has 0 saturated heterocycles. The molecular weight excluding hydrogens is 330 g/mol. The maximum Gasteiger partial charge on any atom is 0.0371 e. The van der Waals surface area contributed by atoms with Gasteiger partial charge in [-0.15, -0.1) is 11.8 Å². The van der Waals surface area contributed by atoms with E-state index in [1.165, 1.54) is 16.0 Å². The molecule has 0 saturated carbocycles. The van der Waals surface area contributed by atoms with Gasteiger partial charge in [-0.3, -0.25) is 0 Å². The molecule has 0 aromatic heterocycles. The molecule has 0 aliphatic heterocycles. The maximum absolute atomic E-state index is 3.61. The van der Waals surface area contributed by atoms with Crippen LogP contribution in [-0.2, 0) is 6.42 Å². The van der Waals surface area contributed by atoms with Crippen LogP contribution in [-0.4, -0.2) is 12.8 Å². The second-order valence-electron chi connectivity index (χ2n) is 4.68. The Balaban J connectivity index is 2.24. The van der Waals surface area contributed by atoms with Crippen LogP contribution in [0.3, 0.4) is 0 Å². The predicted octanol–water partition coefficient (Wildman–Crippen LogP) is 5.06. The number of benzene rings is 2. The summed E-state index contributed by atoms with van der Waals surface area (Å²) in [5.74, 6) is 0. The van der Waals surface area contributed by atoms with Crippen LogP contribution in [0, 0.1) is 0 Å².